The van der Waals surface area contributed by atoms with Gasteiger partial charge in [0.2, 0.25) is 5.91 Å². The number of piperidine rings is 1. The Labute approximate surface area is 159 Å². The second-order valence-electron chi connectivity index (χ2n) is 6.95. The van der Waals surface area contributed by atoms with Crippen LogP contribution in [0.3, 0.4) is 0 Å². The summed E-state index contributed by atoms with van der Waals surface area (Å²) in [6.45, 7) is 3.25. The van der Waals surface area contributed by atoms with Gasteiger partial charge in [0.15, 0.2) is 0 Å². The largest absolute Gasteiger partial charge is 0.343 e. The average molecular weight is 390 g/mol. The number of hydrogen-bond acceptors (Lipinski definition) is 6. The number of fused-ring (bicyclic) bond motifs is 1. The third-order valence-electron chi connectivity index (χ3n) is 5.19. The molecule has 0 unspecified atom stereocenters. The summed E-state index contributed by atoms with van der Waals surface area (Å²) in [4.78, 5) is 22.5. The smallest absolute Gasteiger partial charge is 0.264 e. The van der Waals surface area contributed by atoms with Gasteiger partial charge in [0.25, 0.3) is 12.1 Å². The summed E-state index contributed by atoms with van der Waals surface area (Å²) in [5.74, 6) is 0.0585. The van der Waals surface area contributed by atoms with Crippen LogP contribution in [0.5, 0.6) is 0 Å². The number of nitrogens with zero attached hydrogens (tertiary/aromatic N) is 6. The minimum atomic E-state index is -2.62. The highest BCUT2D eigenvalue weighted by Crippen LogP contribution is 2.34. The predicted molar refractivity (Wildman–Crippen MR) is 94.7 cm³/mol. The molecule has 0 atom stereocenters. The number of aryl methyl sites for hydroxylation is 2. The number of hydrogen-bond donors (Lipinski definition) is 0. The van der Waals surface area contributed by atoms with Crippen LogP contribution in [0.2, 0.25) is 0 Å². The third-order valence-corrected chi connectivity index (χ3v) is 5.19. The molecular weight excluding hydrogens is 370 g/mol. The van der Waals surface area contributed by atoms with Gasteiger partial charge in [-0.05, 0) is 25.8 Å². The molecule has 4 rings (SSSR count). The lowest BCUT2D eigenvalue weighted by atomic mass is 9.91. The Hall–Kier alpha value is -2.91. The van der Waals surface area contributed by atoms with E-state index in [-0.39, 0.29) is 23.1 Å². The van der Waals surface area contributed by atoms with Gasteiger partial charge in [-0.3, -0.25) is 9.48 Å². The fraction of sp³-hybridized carbons (Fsp3) is 0.500. The summed E-state index contributed by atoms with van der Waals surface area (Å²) in [5.41, 5.74) is 1.05. The summed E-state index contributed by atoms with van der Waals surface area (Å²) >= 11 is 0. The average Bonchev–Trinajstić information content (AvgIpc) is 3.35. The molecule has 28 heavy (non-hydrogen) atoms. The van der Waals surface area contributed by atoms with Crippen molar-refractivity contribution in [3.63, 3.8) is 0 Å². The van der Waals surface area contributed by atoms with Crippen LogP contribution in [-0.2, 0) is 11.3 Å². The molecule has 3 aromatic heterocycles. The van der Waals surface area contributed by atoms with Crippen molar-refractivity contribution in [2.75, 3.05) is 13.1 Å². The SMILES string of the molecule is Cc1noc2nc(C3CCN(C(=O)CCn4cncn4)CC3)cc(C(F)F)c12. The molecule has 0 radical (unpaired) electrons. The minimum Gasteiger partial charge on any atom is -0.343 e. The van der Waals surface area contributed by atoms with Crippen molar-refractivity contribution in [1.82, 2.24) is 29.8 Å². The van der Waals surface area contributed by atoms with E-state index in [0.717, 1.165) is 0 Å². The van der Waals surface area contributed by atoms with E-state index >= 15 is 0 Å². The second kappa shape index (κ2) is 7.61. The molecule has 3 aromatic rings. The number of carbonyl (C=O) groups is 1. The number of amides is 1. The Balaban J connectivity index is 1.43. The van der Waals surface area contributed by atoms with Crippen molar-refractivity contribution < 1.29 is 18.1 Å². The number of aromatic nitrogens is 5. The van der Waals surface area contributed by atoms with E-state index in [9.17, 15) is 13.6 Å². The molecule has 1 amide bonds. The number of pyridine rings is 1. The Morgan fingerprint density at radius 2 is 2.14 bits per heavy atom. The maximum atomic E-state index is 13.5. The van der Waals surface area contributed by atoms with Gasteiger partial charge < -0.3 is 9.42 Å². The van der Waals surface area contributed by atoms with E-state index in [4.69, 9.17) is 4.52 Å². The van der Waals surface area contributed by atoms with Crippen LogP contribution in [0.25, 0.3) is 11.1 Å². The summed E-state index contributed by atoms with van der Waals surface area (Å²) in [6, 6.07) is 1.46. The van der Waals surface area contributed by atoms with E-state index in [2.05, 4.69) is 20.2 Å². The highest BCUT2D eigenvalue weighted by molar-refractivity contribution is 5.80. The zero-order valence-electron chi connectivity index (χ0n) is 15.4. The lowest BCUT2D eigenvalue weighted by Crippen LogP contribution is -2.38. The van der Waals surface area contributed by atoms with Crippen LogP contribution in [0.4, 0.5) is 8.78 Å². The van der Waals surface area contributed by atoms with Crippen molar-refractivity contribution in [3.05, 3.63) is 35.7 Å². The van der Waals surface area contributed by atoms with Gasteiger partial charge in [0, 0.05) is 36.7 Å². The Bertz CT molecular complexity index is 964. The molecule has 0 aliphatic carbocycles. The predicted octanol–water partition coefficient (Wildman–Crippen LogP) is 2.86. The van der Waals surface area contributed by atoms with Gasteiger partial charge in [0.1, 0.15) is 12.7 Å². The zero-order chi connectivity index (χ0) is 19.7. The normalized spacial score (nSPS) is 15.6. The highest BCUT2D eigenvalue weighted by Gasteiger charge is 2.27. The first-order chi connectivity index (χ1) is 13.5. The molecule has 1 fully saturated rings. The van der Waals surface area contributed by atoms with Crippen molar-refractivity contribution in [2.45, 2.75) is 45.1 Å². The fourth-order valence-electron chi connectivity index (χ4n) is 3.67. The van der Waals surface area contributed by atoms with Crippen LogP contribution >= 0.6 is 0 Å². The lowest BCUT2D eigenvalue weighted by Gasteiger charge is -2.32. The second-order valence-corrected chi connectivity index (χ2v) is 6.95. The molecule has 1 aliphatic rings. The Morgan fingerprint density at radius 1 is 1.36 bits per heavy atom. The number of halogens is 2. The van der Waals surface area contributed by atoms with Gasteiger partial charge in [-0.25, -0.2) is 18.7 Å². The van der Waals surface area contributed by atoms with Crippen LogP contribution < -0.4 is 0 Å². The molecule has 0 bridgehead atoms. The highest BCUT2D eigenvalue weighted by atomic mass is 19.3. The van der Waals surface area contributed by atoms with Crippen molar-refractivity contribution in [1.29, 1.82) is 0 Å². The minimum absolute atomic E-state index is 0.00618. The molecule has 0 N–H and O–H groups in total. The van der Waals surface area contributed by atoms with E-state index in [1.54, 1.807) is 22.8 Å². The number of alkyl halides is 2. The summed E-state index contributed by atoms with van der Waals surface area (Å²) < 4.78 is 33.8. The quantitative estimate of drug-likeness (QED) is 0.665. The number of rotatable bonds is 5. The number of carbonyl (C=O) groups excluding carboxylic acids is 1. The molecule has 8 nitrogen and oxygen atoms in total. The van der Waals surface area contributed by atoms with Crippen molar-refractivity contribution >= 4 is 17.0 Å². The Kier molecular flexibility index (Phi) is 5.01. The summed E-state index contributed by atoms with van der Waals surface area (Å²) in [7, 11) is 0. The Morgan fingerprint density at radius 3 is 2.82 bits per heavy atom. The van der Waals surface area contributed by atoms with Crippen LogP contribution in [-0.4, -0.2) is 48.8 Å². The van der Waals surface area contributed by atoms with Gasteiger partial charge in [-0.2, -0.15) is 5.10 Å². The summed E-state index contributed by atoms with van der Waals surface area (Å²) in [5, 5.41) is 8.04. The maximum Gasteiger partial charge on any atom is 0.264 e. The first kappa shape index (κ1) is 18.5. The molecule has 148 valence electrons. The topological polar surface area (TPSA) is 89.9 Å². The van der Waals surface area contributed by atoms with E-state index in [0.29, 0.717) is 55.7 Å². The molecule has 0 aromatic carbocycles. The molecule has 4 heterocycles. The molecule has 10 heteroatoms. The van der Waals surface area contributed by atoms with E-state index in [1.165, 1.54) is 12.4 Å². The first-order valence-corrected chi connectivity index (χ1v) is 9.18. The maximum absolute atomic E-state index is 13.5. The van der Waals surface area contributed by atoms with Crippen molar-refractivity contribution in [2.24, 2.45) is 0 Å². The fourth-order valence-corrected chi connectivity index (χ4v) is 3.67. The van der Waals surface area contributed by atoms with Gasteiger partial charge in [-0.15, -0.1) is 0 Å². The molecule has 0 saturated carbocycles. The van der Waals surface area contributed by atoms with E-state index in [1.807, 2.05) is 0 Å². The van der Waals surface area contributed by atoms with Gasteiger partial charge in [0.05, 0.1) is 17.6 Å². The van der Waals surface area contributed by atoms with Gasteiger partial charge in [-0.1, -0.05) is 5.16 Å². The van der Waals surface area contributed by atoms with E-state index < -0.39 is 6.43 Å². The summed E-state index contributed by atoms with van der Waals surface area (Å²) in [6.07, 6.45) is 2.08. The third kappa shape index (κ3) is 3.58. The standard InChI is InChI=1S/C18H20F2N6O2/c1-11-16-13(17(19)20)8-14(23-18(16)28-24-11)12-2-5-25(6-3-12)15(27)4-7-26-10-21-9-22-26/h8-10,12,17H,2-7H2,1H3. The monoisotopic (exact) mass is 390 g/mol. The van der Waals surface area contributed by atoms with Crippen LogP contribution in [0.1, 0.15) is 48.6 Å². The zero-order valence-corrected chi connectivity index (χ0v) is 15.4. The van der Waals surface area contributed by atoms with Crippen molar-refractivity contribution in [3.8, 4) is 0 Å². The molecular formula is C18H20F2N6O2. The molecule has 1 saturated heterocycles. The van der Waals surface area contributed by atoms with Crippen LogP contribution in [0.15, 0.2) is 23.2 Å². The first-order valence-electron chi connectivity index (χ1n) is 9.18. The lowest BCUT2D eigenvalue weighted by molar-refractivity contribution is -0.132. The molecule has 0 spiro atoms. The van der Waals surface area contributed by atoms with Gasteiger partial charge >= 0.3 is 0 Å². The molecule has 1 aliphatic heterocycles. The number of likely N-dealkylation sites (tertiary alicyclic amines) is 1. The van der Waals surface area contributed by atoms with Crippen LogP contribution in [0, 0.1) is 6.92 Å².